The van der Waals surface area contributed by atoms with Crippen LogP contribution in [0.5, 0.6) is 0 Å². The molecule has 0 radical (unpaired) electrons. The van der Waals surface area contributed by atoms with Gasteiger partial charge in [0.1, 0.15) is 5.82 Å². The Hall–Kier alpha value is -2.15. The van der Waals surface area contributed by atoms with E-state index in [-0.39, 0.29) is 0 Å². The molecule has 2 aromatic rings. The number of anilines is 2. The number of rotatable bonds is 6. The number of aromatic nitrogens is 4. The van der Waals surface area contributed by atoms with Crippen molar-refractivity contribution in [3.63, 3.8) is 0 Å². The van der Waals surface area contributed by atoms with Gasteiger partial charge in [-0.2, -0.15) is 10.1 Å². The van der Waals surface area contributed by atoms with Gasteiger partial charge in [-0.3, -0.25) is 4.68 Å². The van der Waals surface area contributed by atoms with Crippen molar-refractivity contribution in [2.45, 2.75) is 25.4 Å². The zero-order valence-corrected chi connectivity index (χ0v) is 12.9. The number of nitrogens with one attached hydrogen (secondary N) is 1. The van der Waals surface area contributed by atoms with E-state index in [4.69, 9.17) is 4.74 Å². The standard InChI is InChI=1S/C15H22N6O/c1-20(9-10-21-8-3-6-17-21)15-16-7-5-14(19-15)18-13-4-2-11-22-12-13/h3,5-8,13H,2,4,9-12H2,1H3,(H,16,18,19)/t13-/m1/s1. The van der Waals surface area contributed by atoms with Crippen LogP contribution >= 0.6 is 0 Å². The van der Waals surface area contributed by atoms with Gasteiger partial charge < -0.3 is 15.0 Å². The first-order chi connectivity index (χ1) is 10.8. The maximum absolute atomic E-state index is 5.49. The lowest BCUT2D eigenvalue weighted by atomic mass is 10.1. The molecule has 0 aliphatic carbocycles. The Labute approximate surface area is 130 Å². The van der Waals surface area contributed by atoms with E-state index in [1.54, 1.807) is 12.4 Å². The van der Waals surface area contributed by atoms with Crippen LogP contribution in [0, 0.1) is 0 Å². The molecule has 3 heterocycles. The van der Waals surface area contributed by atoms with Crippen molar-refractivity contribution in [1.29, 1.82) is 0 Å². The lowest BCUT2D eigenvalue weighted by Crippen LogP contribution is -2.31. The van der Waals surface area contributed by atoms with E-state index < -0.39 is 0 Å². The summed E-state index contributed by atoms with van der Waals surface area (Å²) < 4.78 is 7.39. The molecule has 0 bridgehead atoms. The van der Waals surface area contributed by atoms with E-state index in [0.717, 1.165) is 45.0 Å². The predicted octanol–water partition coefficient (Wildman–Crippen LogP) is 1.40. The zero-order chi connectivity index (χ0) is 15.2. The van der Waals surface area contributed by atoms with Gasteiger partial charge in [0.05, 0.1) is 19.2 Å². The summed E-state index contributed by atoms with van der Waals surface area (Å²) in [6.45, 7) is 3.22. The van der Waals surface area contributed by atoms with E-state index in [2.05, 4.69) is 20.4 Å². The van der Waals surface area contributed by atoms with Crippen LogP contribution in [0.15, 0.2) is 30.7 Å². The molecule has 0 aromatic carbocycles. The number of hydrogen-bond acceptors (Lipinski definition) is 6. The SMILES string of the molecule is CN(CCn1cccn1)c1nccc(N[C@@H]2CCCOC2)n1. The minimum Gasteiger partial charge on any atom is -0.379 e. The Kier molecular flexibility index (Phi) is 4.85. The maximum atomic E-state index is 5.49. The summed E-state index contributed by atoms with van der Waals surface area (Å²) in [6.07, 6.45) is 7.75. The first kappa shape index (κ1) is 14.8. The average molecular weight is 302 g/mol. The molecule has 22 heavy (non-hydrogen) atoms. The fourth-order valence-electron chi connectivity index (χ4n) is 2.46. The zero-order valence-electron chi connectivity index (χ0n) is 12.9. The van der Waals surface area contributed by atoms with Gasteiger partial charge in [0, 0.05) is 38.8 Å². The third-order valence-electron chi connectivity index (χ3n) is 3.72. The molecule has 0 unspecified atom stereocenters. The van der Waals surface area contributed by atoms with Crippen LogP contribution in [0.1, 0.15) is 12.8 Å². The summed E-state index contributed by atoms with van der Waals surface area (Å²) in [7, 11) is 1.99. The van der Waals surface area contributed by atoms with Crippen molar-refractivity contribution in [3.05, 3.63) is 30.7 Å². The summed E-state index contributed by atoms with van der Waals surface area (Å²) in [5.74, 6) is 1.57. The molecular weight excluding hydrogens is 280 g/mol. The Morgan fingerprint density at radius 1 is 1.45 bits per heavy atom. The number of hydrogen-bond donors (Lipinski definition) is 1. The van der Waals surface area contributed by atoms with Gasteiger partial charge in [-0.25, -0.2) is 4.98 Å². The van der Waals surface area contributed by atoms with Crippen LogP contribution in [-0.2, 0) is 11.3 Å². The molecule has 7 heteroatoms. The fraction of sp³-hybridized carbons (Fsp3) is 0.533. The second kappa shape index (κ2) is 7.22. The molecule has 1 atom stereocenters. The number of likely N-dealkylation sites (N-methyl/N-ethyl adjacent to an activating group) is 1. The third kappa shape index (κ3) is 3.94. The first-order valence-corrected chi connectivity index (χ1v) is 7.67. The second-order valence-corrected chi connectivity index (χ2v) is 5.49. The Bertz CT molecular complexity index is 567. The lowest BCUT2D eigenvalue weighted by molar-refractivity contribution is 0.0875. The Morgan fingerprint density at radius 3 is 3.18 bits per heavy atom. The van der Waals surface area contributed by atoms with Gasteiger partial charge in [0.15, 0.2) is 0 Å². The highest BCUT2D eigenvalue weighted by atomic mass is 16.5. The van der Waals surface area contributed by atoms with Crippen molar-refractivity contribution in [2.75, 3.05) is 37.0 Å². The fourth-order valence-corrected chi connectivity index (χ4v) is 2.46. The summed E-state index contributed by atoms with van der Waals surface area (Å²) >= 11 is 0. The molecule has 1 aliphatic heterocycles. The molecule has 0 amide bonds. The Morgan fingerprint density at radius 2 is 2.41 bits per heavy atom. The van der Waals surface area contributed by atoms with Crippen LogP contribution in [-0.4, -0.2) is 52.6 Å². The smallest absolute Gasteiger partial charge is 0.227 e. The Balaban J connectivity index is 1.57. The highest BCUT2D eigenvalue weighted by molar-refractivity contribution is 5.41. The van der Waals surface area contributed by atoms with Crippen LogP contribution in [0.4, 0.5) is 11.8 Å². The van der Waals surface area contributed by atoms with Crippen molar-refractivity contribution >= 4 is 11.8 Å². The molecule has 0 spiro atoms. The van der Waals surface area contributed by atoms with E-state index in [9.17, 15) is 0 Å². The van der Waals surface area contributed by atoms with Gasteiger partial charge in [0.2, 0.25) is 5.95 Å². The summed E-state index contributed by atoms with van der Waals surface area (Å²) in [5, 5.41) is 7.63. The van der Waals surface area contributed by atoms with Crippen LogP contribution in [0.25, 0.3) is 0 Å². The minimum atomic E-state index is 0.339. The van der Waals surface area contributed by atoms with Gasteiger partial charge in [-0.1, -0.05) is 0 Å². The van der Waals surface area contributed by atoms with Crippen LogP contribution < -0.4 is 10.2 Å². The molecule has 1 fully saturated rings. The minimum absolute atomic E-state index is 0.339. The van der Waals surface area contributed by atoms with E-state index in [0.29, 0.717) is 12.0 Å². The molecular formula is C15H22N6O. The second-order valence-electron chi connectivity index (χ2n) is 5.49. The van der Waals surface area contributed by atoms with E-state index in [1.807, 2.05) is 35.0 Å². The van der Waals surface area contributed by atoms with Gasteiger partial charge >= 0.3 is 0 Å². The van der Waals surface area contributed by atoms with Gasteiger partial charge in [-0.05, 0) is 25.0 Å². The molecule has 3 rings (SSSR count). The van der Waals surface area contributed by atoms with Crippen LogP contribution in [0.2, 0.25) is 0 Å². The van der Waals surface area contributed by atoms with Crippen molar-refractivity contribution in [3.8, 4) is 0 Å². The molecule has 0 saturated carbocycles. The van der Waals surface area contributed by atoms with Crippen molar-refractivity contribution in [2.24, 2.45) is 0 Å². The molecule has 1 aliphatic rings. The monoisotopic (exact) mass is 302 g/mol. The summed E-state index contributed by atoms with van der Waals surface area (Å²) in [5.41, 5.74) is 0. The van der Waals surface area contributed by atoms with Crippen molar-refractivity contribution in [1.82, 2.24) is 19.7 Å². The largest absolute Gasteiger partial charge is 0.379 e. The number of nitrogens with zero attached hydrogens (tertiary/aromatic N) is 5. The maximum Gasteiger partial charge on any atom is 0.227 e. The van der Waals surface area contributed by atoms with Crippen molar-refractivity contribution < 1.29 is 4.74 Å². The molecule has 1 N–H and O–H groups in total. The average Bonchev–Trinajstić information content (AvgIpc) is 3.07. The topological polar surface area (TPSA) is 68.1 Å². The van der Waals surface area contributed by atoms with Crippen LogP contribution in [0.3, 0.4) is 0 Å². The van der Waals surface area contributed by atoms with Gasteiger partial charge in [-0.15, -0.1) is 0 Å². The van der Waals surface area contributed by atoms with E-state index in [1.165, 1.54) is 0 Å². The molecule has 2 aromatic heterocycles. The third-order valence-corrected chi connectivity index (χ3v) is 3.72. The summed E-state index contributed by atoms with van der Waals surface area (Å²) in [6, 6.07) is 4.16. The molecule has 1 saturated heterocycles. The first-order valence-electron chi connectivity index (χ1n) is 7.67. The quantitative estimate of drug-likeness (QED) is 0.870. The summed E-state index contributed by atoms with van der Waals surface area (Å²) in [4.78, 5) is 11.0. The number of ether oxygens (including phenoxy) is 1. The normalized spacial score (nSPS) is 18.1. The van der Waals surface area contributed by atoms with Gasteiger partial charge in [0.25, 0.3) is 0 Å². The highest BCUT2D eigenvalue weighted by Gasteiger charge is 2.14. The predicted molar refractivity (Wildman–Crippen MR) is 85.0 cm³/mol. The molecule has 118 valence electrons. The van der Waals surface area contributed by atoms with E-state index >= 15 is 0 Å². The molecule has 7 nitrogen and oxygen atoms in total. The highest BCUT2D eigenvalue weighted by Crippen LogP contribution is 2.14. The lowest BCUT2D eigenvalue weighted by Gasteiger charge is -2.24.